The maximum atomic E-state index is 11.6. The summed E-state index contributed by atoms with van der Waals surface area (Å²) < 4.78 is 0. The van der Waals surface area contributed by atoms with Crippen molar-refractivity contribution in [3.05, 3.63) is 35.9 Å². The first-order valence-corrected chi connectivity index (χ1v) is 5.48. The molecule has 0 saturated carbocycles. The lowest BCUT2D eigenvalue weighted by atomic mass is 10.1. The van der Waals surface area contributed by atoms with Crippen LogP contribution in [0.3, 0.4) is 0 Å². The first-order valence-electron chi connectivity index (χ1n) is 5.48. The molecular formula is C12H16N2O4. The summed E-state index contributed by atoms with van der Waals surface area (Å²) in [6.45, 7) is -0.668. The van der Waals surface area contributed by atoms with Crippen molar-refractivity contribution in [2.75, 3.05) is 6.61 Å². The number of rotatable bonds is 6. The number of benzene rings is 1. The molecule has 18 heavy (non-hydrogen) atoms. The van der Waals surface area contributed by atoms with Crippen molar-refractivity contribution in [2.45, 2.75) is 18.5 Å². The molecule has 0 fully saturated rings. The summed E-state index contributed by atoms with van der Waals surface area (Å²) in [5.41, 5.74) is 6.55. The molecule has 0 unspecified atom stereocenters. The van der Waals surface area contributed by atoms with Crippen molar-refractivity contribution in [3.8, 4) is 0 Å². The maximum Gasteiger partial charge on any atom is 0.328 e. The Balaban J connectivity index is 2.54. The largest absolute Gasteiger partial charge is 0.480 e. The number of aliphatic carboxylic acids is 1. The molecule has 6 heteroatoms. The van der Waals surface area contributed by atoms with E-state index in [0.717, 1.165) is 5.56 Å². The van der Waals surface area contributed by atoms with Gasteiger partial charge in [0.05, 0.1) is 12.6 Å². The van der Waals surface area contributed by atoms with Gasteiger partial charge in [-0.3, -0.25) is 4.79 Å². The summed E-state index contributed by atoms with van der Waals surface area (Å²) >= 11 is 0. The van der Waals surface area contributed by atoms with Gasteiger partial charge in [-0.2, -0.15) is 0 Å². The normalized spacial score (nSPS) is 13.7. The van der Waals surface area contributed by atoms with E-state index in [9.17, 15) is 9.59 Å². The molecule has 0 aliphatic rings. The molecule has 1 amide bonds. The average molecular weight is 252 g/mol. The van der Waals surface area contributed by atoms with Gasteiger partial charge in [0.25, 0.3) is 0 Å². The van der Waals surface area contributed by atoms with Crippen LogP contribution >= 0.6 is 0 Å². The molecule has 1 rings (SSSR count). The van der Waals surface area contributed by atoms with E-state index in [0.29, 0.717) is 6.42 Å². The van der Waals surface area contributed by atoms with Crippen molar-refractivity contribution in [3.63, 3.8) is 0 Å². The van der Waals surface area contributed by atoms with E-state index >= 15 is 0 Å². The van der Waals surface area contributed by atoms with Crippen LogP contribution in [0.25, 0.3) is 0 Å². The highest BCUT2D eigenvalue weighted by Crippen LogP contribution is 2.02. The van der Waals surface area contributed by atoms with Gasteiger partial charge in [-0.1, -0.05) is 30.3 Å². The zero-order valence-corrected chi connectivity index (χ0v) is 9.74. The quantitative estimate of drug-likeness (QED) is 0.525. The van der Waals surface area contributed by atoms with Gasteiger partial charge in [0.1, 0.15) is 6.04 Å². The molecule has 98 valence electrons. The first kappa shape index (κ1) is 14.1. The number of carboxylic acid groups (broad SMARTS) is 1. The number of nitrogens with two attached hydrogens (primary N) is 1. The highest BCUT2D eigenvalue weighted by atomic mass is 16.4. The van der Waals surface area contributed by atoms with E-state index in [1.165, 1.54) is 0 Å². The van der Waals surface area contributed by atoms with E-state index in [-0.39, 0.29) is 0 Å². The number of amides is 1. The highest BCUT2D eigenvalue weighted by Gasteiger charge is 2.22. The summed E-state index contributed by atoms with van der Waals surface area (Å²) in [6.07, 6.45) is 0.310. The van der Waals surface area contributed by atoms with Crippen molar-refractivity contribution in [1.29, 1.82) is 0 Å². The van der Waals surface area contributed by atoms with Crippen LogP contribution in [-0.2, 0) is 16.0 Å². The molecule has 0 bridgehead atoms. The highest BCUT2D eigenvalue weighted by molar-refractivity contribution is 5.87. The Kier molecular flexibility index (Phi) is 5.29. The van der Waals surface area contributed by atoms with Gasteiger partial charge in [-0.05, 0) is 12.0 Å². The number of hydrogen-bond donors (Lipinski definition) is 4. The molecule has 2 atom stereocenters. The first-order chi connectivity index (χ1) is 8.54. The lowest BCUT2D eigenvalue weighted by Crippen LogP contribution is -2.50. The van der Waals surface area contributed by atoms with Crippen molar-refractivity contribution < 1.29 is 19.8 Å². The minimum atomic E-state index is -1.32. The smallest absolute Gasteiger partial charge is 0.328 e. The fourth-order valence-corrected chi connectivity index (χ4v) is 1.42. The molecule has 0 radical (unpaired) electrons. The van der Waals surface area contributed by atoms with Gasteiger partial charge < -0.3 is 21.3 Å². The monoisotopic (exact) mass is 252 g/mol. The molecule has 0 aliphatic carbocycles. The second-order valence-electron chi connectivity index (χ2n) is 3.88. The Morgan fingerprint density at radius 2 is 1.89 bits per heavy atom. The van der Waals surface area contributed by atoms with Gasteiger partial charge in [0, 0.05) is 0 Å². The third kappa shape index (κ3) is 4.15. The Hall–Kier alpha value is -1.92. The summed E-state index contributed by atoms with van der Waals surface area (Å²) in [5.74, 6) is -1.89. The average Bonchev–Trinajstić information content (AvgIpc) is 2.36. The minimum absolute atomic E-state index is 0.310. The van der Waals surface area contributed by atoms with Crippen LogP contribution in [0.2, 0.25) is 0 Å². The fourth-order valence-electron chi connectivity index (χ4n) is 1.42. The van der Waals surface area contributed by atoms with Crippen molar-refractivity contribution >= 4 is 11.9 Å². The predicted molar refractivity (Wildman–Crippen MR) is 64.8 cm³/mol. The van der Waals surface area contributed by atoms with Crippen LogP contribution in [0.15, 0.2) is 30.3 Å². The fraction of sp³-hybridized carbons (Fsp3) is 0.333. The zero-order valence-electron chi connectivity index (χ0n) is 9.74. The number of aliphatic hydroxyl groups is 1. The lowest BCUT2D eigenvalue weighted by molar-refractivity contribution is -0.143. The van der Waals surface area contributed by atoms with Gasteiger partial charge >= 0.3 is 5.97 Å². The van der Waals surface area contributed by atoms with E-state index in [2.05, 4.69) is 5.32 Å². The van der Waals surface area contributed by atoms with Crippen LogP contribution in [0.4, 0.5) is 0 Å². The Bertz CT molecular complexity index is 408. The summed E-state index contributed by atoms with van der Waals surface area (Å²) in [4.78, 5) is 22.2. The topological polar surface area (TPSA) is 113 Å². The molecule has 0 heterocycles. The molecule has 0 spiro atoms. The van der Waals surface area contributed by atoms with E-state index in [1.807, 2.05) is 30.3 Å². The summed E-state index contributed by atoms with van der Waals surface area (Å²) in [5, 5.41) is 19.6. The summed E-state index contributed by atoms with van der Waals surface area (Å²) in [6, 6.07) is 6.99. The second-order valence-corrected chi connectivity index (χ2v) is 3.88. The second kappa shape index (κ2) is 6.73. The Labute approximate surface area is 104 Å². The van der Waals surface area contributed by atoms with Gasteiger partial charge in [-0.15, -0.1) is 0 Å². The molecule has 6 nitrogen and oxygen atoms in total. The van der Waals surface area contributed by atoms with E-state index in [4.69, 9.17) is 15.9 Å². The van der Waals surface area contributed by atoms with Crippen LogP contribution < -0.4 is 11.1 Å². The lowest BCUT2D eigenvalue weighted by Gasteiger charge is -2.16. The number of aliphatic hydroxyl groups excluding tert-OH is 1. The maximum absolute atomic E-state index is 11.6. The standard InChI is InChI=1S/C12H16N2O4/c13-9(6-8-4-2-1-3-5-8)11(16)14-10(7-15)12(17)18/h1-5,9-10,15H,6-7,13H2,(H,14,16)(H,17,18)/t9-,10-/m1/s1. The molecule has 5 N–H and O–H groups in total. The van der Waals surface area contributed by atoms with Crippen LogP contribution in [0, 0.1) is 0 Å². The van der Waals surface area contributed by atoms with Gasteiger partial charge in [0.15, 0.2) is 0 Å². The number of nitrogens with one attached hydrogen (secondary N) is 1. The number of hydrogen-bond acceptors (Lipinski definition) is 4. The van der Waals surface area contributed by atoms with Crippen LogP contribution in [0.1, 0.15) is 5.56 Å². The third-order valence-corrected chi connectivity index (χ3v) is 2.43. The van der Waals surface area contributed by atoms with Crippen molar-refractivity contribution in [2.24, 2.45) is 5.73 Å². The third-order valence-electron chi connectivity index (χ3n) is 2.43. The number of carbonyl (C=O) groups is 2. The molecule has 0 saturated heterocycles. The van der Waals surface area contributed by atoms with Crippen molar-refractivity contribution in [1.82, 2.24) is 5.32 Å². The number of carbonyl (C=O) groups excluding carboxylic acids is 1. The Morgan fingerprint density at radius 1 is 1.28 bits per heavy atom. The minimum Gasteiger partial charge on any atom is -0.480 e. The molecule has 1 aromatic rings. The number of carboxylic acids is 1. The molecule has 1 aromatic carbocycles. The SMILES string of the molecule is N[C@H](Cc1ccccc1)C(=O)N[C@H](CO)C(=O)O. The van der Waals surface area contributed by atoms with Crippen LogP contribution in [0.5, 0.6) is 0 Å². The summed E-state index contributed by atoms with van der Waals surface area (Å²) in [7, 11) is 0. The Morgan fingerprint density at radius 3 is 2.39 bits per heavy atom. The van der Waals surface area contributed by atoms with E-state index in [1.54, 1.807) is 0 Å². The zero-order chi connectivity index (χ0) is 13.5. The van der Waals surface area contributed by atoms with Crippen LogP contribution in [-0.4, -0.2) is 40.8 Å². The predicted octanol–water partition coefficient (Wildman–Crippen LogP) is -0.882. The molecule has 0 aromatic heterocycles. The van der Waals surface area contributed by atoms with E-state index < -0.39 is 30.6 Å². The molecular weight excluding hydrogens is 236 g/mol. The van der Waals surface area contributed by atoms with Gasteiger partial charge in [-0.25, -0.2) is 4.79 Å². The van der Waals surface area contributed by atoms with Gasteiger partial charge in [0.2, 0.25) is 5.91 Å². The molecule has 0 aliphatic heterocycles.